The number of carbonyl (C=O) groups is 2. The maximum atomic E-state index is 11.8. The van der Waals surface area contributed by atoms with Crippen molar-refractivity contribution in [2.75, 3.05) is 18.4 Å². The zero-order valence-electron chi connectivity index (χ0n) is 13.0. The second-order valence-corrected chi connectivity index (χ2v) is 5.05. The highest BCUT2D eigenvalue weighted by Crippen LogP contribution is 2.05. The van der Waals surface area contributed by atoms with Crippen molar-refractivity contribution in [3.05, 3.63) is 60.4 Å². The van der Waals surface area contributed by atoms with Gasteiger partial charge in [0.15, 0.2) is 0 Å². The molecule has 1 aromatic heterocycles. The Morgan fingerprint density at radius 3 is 2.57 bits per heavy atom. The molecule has 2 rings (SSSR count). The van der Waals surface area contributed by atoms with Gasteiger partial charge in [-0.3, -0.25) is 9.78 Å². The van der Waals surface area contributed by atoms with E-state index in [1.807, 2.05) is 42.5 Å². The lowest BCUT2D eigenvalue weighted by molar-refractivity contribution is -0.129. The molecular formula is C17H20N4O2. The third-order valence-electron chi connectivity index (χ3n) is 3.24. The van der Waals surface area contributed by atoms with Crippen LogP contribution in [0, 0.1) is 0 Å². The summed E-state index contributed by atoms with van der Waals surface area (Å²) < 4.78 is 0. The van der Waals surface area contributed by atoms with Gasteiger partial charge < -0.3 is 15.5 Å². The summed E-state index contributed by atoms with van der Waals surface area (Å²) in [6.07, 6.45) is 3.42. The molecule has 0 fully saturated rings. The average Bonchev–Trinajstić information content (AvgIpc) is 2.55. The molecule has 0 bridgehead atoms. The highest BCUT2D eigenvalue weighted by molar-refractivity contribution is 5.89. The molecule has 0 saturated carbocycles. The Kier molecular flexibility index (Phi) is 6.11. The second kappa shape index (κ2) is 8.53. The van der Waals surface area contributed by atoms with E-state index < -0.39 is 0 Å². The molecule has 120 valence electrons. The quantitative estimate of drug-likeness (QED) is 0.859. The minimum absolute atomic E-state index is 0.0425. The normalized spacial score (nSPS) is 9.96. The summed E-state index contributed by atoms with van der Waals surface area (Å²) in [7, 11) is 0. The molecule has 23 heavy (non-hydrogen) atoms. The van der Waals surface area contributed by atoms with Crippen molar-refractivity contribution in [3.63, 3.8) is 0 Å². The first-order valence-electron chi connectivity index (χ1n) is 7.39. The number of hydrogen-bond donors (Lipinski definition) is 2. The summed E-state index contributed by atoms with van der Waals surface area (Å²) in [6.45, 7) is 2.80. The predicted molar refractivity (Wildman–Crippen MR) is 88.8 cm³/mol. The molecule has 3 amide bonds. The summed E-state index contributed by atoms with van der Waals surface area (Å²) in [4.78, 5) is 29.2. The van der Waals surface area contributed by atoms with Crippen molar-refractivity contribution in [3.8, 4) is 0 Å². The Labute approximate surface area is 135 Å². The minimum atomic E-state index is -0.291. The largest absolute Gasteiger partial charge is 0.337 e. The van der Waals surface area contributed by atoms with Crippen LogP contribution in [0.3, 0.4) is 0 Å². The van der Waals surface area contributed by atoms with Gasteiger partial charge in [0.25, 0.3) is 0 Å². The molecule has 6 heteroatoms. The fourth-order valence-corrected chi connectivity index (χ4v) is 2.06. The first-order valence-corrected chi connectivity index (χ1v) is 7.39. The Morgan fingerprint density at radius 1 is 1.13 bits per heavy atom. The predicted octanol–water partition coefficient (Wildman–Crippen LogP) is 2.25. The van der Waals surface area contributed by atoms with Crippen LogP contribution in [-0.4, -0.2) is 34.9 Å². The minimum Gasteiger partial charge on any atom is -0.337 e. The first-order chi connectivity index (χ1) is 11.1. The highest BCUT2D eigenvalue weighted by Gasteiger charge is 2.10. The molecule has 0 atom stereocenters. The zero-order valence-corrected chi connectivity index (χ0v) is 13.0. The van der Waals surface area contributed by atoms with Gasteiger partial charge in [0.05, 0.1) is 0 Å². The van der Waals surface area contributed by atoms with Crippen molar-refractivity contribution in [2.45, 2.75) is 13.5 Å². The van der Waals surface area contributed by atoms with E-state index in [0.717, 1.165) is 11.3 Å². The van der Waals surface area contributed by atoms with Gasteiger partial charge in [0.1, 0.15) is 0 Å². The number of amides is 3. The van der Waals surface area contributed by atoms with E-state index in [9.17, 15) is 9.59 Å². The fourth-order valence-electron chi connectivity index (χ4n) is 2.06. The Balaban J connectivity index is 1.78. The van der Waals surface area contributed by atoms with Crippen molar-refractivity contribution in [1.82, 2.24) is 15.2 Å². The molecule has 0 saturated heterocycles. The monoisotopic (exact) mass is 312 g/mol. The van der Waals surface area contributed by atoms with Crippen LogP contribution in [0.15, 0.2) is 54.9 Å². The Morgan fingerprint density at radius 2 is 1.91 bits per heavy atom. The lowest BCUT2D eigenvalue weighted by Crippen LogP contribution is -2.38. The van der Waals surface area contributed by atoms with E-state index in [0.29, 0.717) is 19.6 Å². The number of pyridine rings is 1. The van der Waals surface area contributed by atoms with Gasteiger partial charge in [0, 0.05) is 44.6 Å². The summed E-state index contributed by atoms with van der Waals surface area (Å²) in [5, 5.41) is 5.47. The smallest absolute Gasteiger partial charge is 0.319 e. The van der Waals surface area contributed by atoms with Crippen molar-refractivity contribution < 1.29 is 9.59 Å². The standard InChI is InChI=1S/C17H20N4O2/c1-14(22)21(13-15-6-5-9-18-12-15)11-10-19-17(23)20-16-7-3-2-4-8-16/h2-9,12H,10-11,13H2,1H3,(H2,19,20,23). The van der Waals surface area contributed by atoms with Gasteiger partial charge in [-0.05, 0) is 23.8 Å². The van der Waals surface area contributed by atoms with Crippen LogP contribution in [0.4, 0.5) is 10.5 Å². The van der Waals surface area contributed by atoms with E-state index in [4.69, 9.17) is 0 Å². The second-order valence-electron chi connectivity index (χ2n) is 5.05. The van der Waals surface area contributed by atoms with Crippen LogP contribution in [0.25, 0.3) is 0 Å². The molecule has 0 aliphatic carbocycles. The Hall–Kier alpha value is -2.89. The lowest BCUT2D eigenvalue weighted by atomic mass is 10.2. The number of aromatic nitrogens is 1. The highest BCUT2D eigenvalue weighted by atomic mass is 16.2. The molecule has 0 aliphatic heterocycles. The molecule has 0 unspecified atom stereocenters. The summed E-state index contributed by atoms with van der Waals surface area (Å²) in [5.41, 5.74) is 1.68. The van der Waals surface area contributed by atoms with Gasteiger partial charge in [-0.2, -0.15) is 0 Å². The van der Waals surface area contributed by atoms with Gasteiger partial charge in [0.2, 0.25) is 5.91 Å². The molecule has 1 aromatic carbocycles. The number of nitrogens with zero attached hydrogens (tertiary/aromatic N) is 2. The first kappa shape index (κ1) is 16.5. The van der Waals surface area contributed by atoms with Crippen LogP contribution >= 0.6 is 0 Å². The summed E-state index contributed by atoms with van der Waals surface area (Å²) >= 11 is 0. The van der Waals surface area contributed by atoms with Crippen molar-refractivity contribution >= 4 is 17.6 Å². The summed E-state index contributed by atoms with van der Waals surface area (Å²) in [6, 6.07) is 12.7. The molecule has 6 nitrogen and oxygen atoms in total. The van der Waals surface area contributed by atoms with Gasteiger partial charge in [-0.25, -0.2) is 4.79 Å². The average molecular weight is 312 g/mol. The van der Waals surface area contributed by atoms with Gasteiger partial charge in [-0.1, -0.05) is 24.3 Å². The SMILES string of the molecule is CC(=O)N(CCNC(=O)Nc1ccccc1)Cc1cccnc1. The van der Waals surface area contributed by atoms with E-state index in [-0.39, 0.29) is 11.9 Å². The van der Waals surface area contributed by atoms with Crippen LogP contribution in [0.1, 0.15) is 12.5 Å². The number of rotatable bonds is 6. The number of nitrogens with one attached hydrogen (secondary N) is 2. The van der Waals surface area contributed by atoms with Gasteiger partial charge >= 0.3 is 6.03 Å². The number of para-hydroxylation sites is 1. The van der Waals surface area contributed by atoms with Gasteiger partial charge in [-0.15, -0.1) is 0 Å². The third kappa shape index (κ3) is 5.78. The van der Waals surface area contributed by atoms with E-state index >= 15 is 0 Å². The zero-order chi connectivity index (χ0) is 16.5. The number of anilines is 1. The lowest BCUT2D eigenvalue weighted by Gasteiger charge is -2.21. The molecule has 0 spiro atoms. The van der Waals surface area contributed by atoms with Crippen LogP contribution in [-0.2, 0) is 11.3 Å². The number of hydrogen-bond acceptors (Lipinski definition) is 3. The summed E-state index contributed by atoms with van der Waals surface area (Å²) in [5.74, 6) is -0.0425. The number of benzene rings is 1. The number of carbonyl (C=O) groups excluding carboxylic acids is 2. The maximum Gasteiger partial charge on any atom is 0.319 e. The van der Waals surface area contributed by atoms with Crippen molar-refractivity contribution in [1.29, 1.82) is 0 Å². The van der Waals surface area contributed by atoms with E-state index in [2.05, 4.69) is 15.6 Å². The fraction of sp³-hybridized carbons (Fsp3) is 0.235. The van der Waals surface area contributed by atoms with Crippen molar-refractivity contribution in [2.24, 2.45) is 0 Å². The molecule has 2 aromatic rings. The molecule has 2 N–H and O–H groups in total. The number of urea groups is 1. The van der Waals surface area contributed by atoms with Crippen LogP contribution < -0.4 is 10.6 Å². The molecule has 0 aliphatic rings. The van der Waals surface area contributed by atoms with Crippen LogP contribution in [0.5, 0.6) is 0 Å². The van der Waals surface area contributed by atoms with Crippen LogP contribution in [0.2, 0.25) is 0 Å². The maximum absolute atomic E-state index is 11.8. The Bertz CT molecular complexity index is 632. The molecule has 1 heterocycles. The molecule has 0 radical (unpaired) electrons. The van der Waals surface area contributed by atoms with E-state index in [1.165, 1.54) is 6.92 Å². The third-order valence-corrected chi connectivity index (χ3v) is 3.24. The topological polar surface area (TPSA) is 74.3 Å². The molecular weight excluding hydrogens is 292 g/mol. The van der Waals surface area contributed by atoms with E-state index in [1.54, 1.807) is 17.3 Å².